The molecule has 0 fully saturated rings. The first-order valence-electron chi connectivity index (χ1n) is 10.9. The van der Waals surface area contributed by atoms with Gasteiger partial charge in [0.15, 0.2) is 0 Å². The molecule has 1 N–H and O–H groups in total. The van der Waals surface area contributed by atoms with Gasteiger partial charge in [0, 0.05) is 40.8 Å². The quantitative estimate of drug-likeness (QED) is 0.608. The van der Waals surface area contributed by atoms with Crippen LogP contribution in [0, 0.1) is 0 Å². The van der Waals surface area contributed by atoms with E-state index in [1.165, 1.54) is 0 Å². The van der Waals surface area contributed by atoms with E-state index in [-0.39, 0.29) is 11.9 Å². The van der Waals surface area contributed by atoms with Crippen molar-refractivity contribution in [2.75, 3.05) is 24.6 Å². The van der Waals surface area contributed by atoms with Gasteiger partial charge in [0.2, 0.25) is 0 Å². The average Bonchev–Trinajstić information content (AvgIpc) is 2.98. The van der Waals surface area contributed by atoms with E-state index in [0.29, 0.717) is 30.4 Å². The molecule has 1 aromatic heterocycles. The highest BCUT2D eigenvalue weighted by atomic mass is 35.5. The molecule has 0 spiro atoms. The van der Waals surface area contributed by atoms with Gasteiger partial charge in [-0.2, -0.15) is 0 Å². The number of aromatic nitrogens is 1. The molecule has 0 saturated carbocycles. The number of benzene rings is 2. The highest BCUT2D eigenvalue weighted by Gasteiger charge is 2.44. The number of carbonyl (C=O) groups excluding carboxylic acids is 1. The number of hydrogen-bond donors (Lipinski definition) is 1. The molecule has 0 radical (unpaired) electrons. The van der Waals surface area contributed by atoms with Crippen LogP contribution in [0.5, 0.6) is 5.75 Å². The number of carbonyl (C=O) groups is 1. The van der Waals surface area contributed by atoms with Crippen molar-refractivity contribution in [3.05, 3.63) is 100 Å². The summed E-state index contributed by atoms with van der Waals surface area (Å²) in [5, 5.41) is 3.99. The fourth-order valence-electron chi connectivity index (χ4n) is 4.32. The Morgan fingerprint density at radius 3 is 2.61 bits per heavy atom. The molecule has 2 aromatic carbocycles. The molecule has 0 aliphatic carbocycles. The van der Waals surface area contributed by atoms with Crippen LogP contribution in [0.3, 0.4) is 0 Å². The summed E-state index contributed by atoms with van der Waals surface area (Å²) < 4.78 is 5.59. The second-order valence-electron chi connectivity index (χ2n) is 7.74. The third kappa shape index (κ3) is 3.98. The number of nitrogens with zero attached hydrogens (tertiary/aromatic N) is 3. The minimum absolute atomic E-state index is 0.0911. The number of hydrogen-bond acceptors (Lipinski definition) is 5. The largest absolute Gasteiger partial charge is 0.494 e. The zero-order chi connectivity index (χ0) is 22.8. The summed E-state index contributed by atoms with van der Waals surface area (Å²) in [4.78, 5) is 24.8. The van der Waals surface area contributed by atoms with Gasteiger partial charge in [-0.3, -0.25) is 19.7 Å². The van der Waals surface area contributed by atoms with Crippen LogP contribution < -0.4 is 15.0 Å². The third-order valence-electron chi connectivity index (χ3n) is 5.72. The van der Waals surface area contributed by atoms with Crippen LogP contribution in [0.25, 0.3) is 0 Å². The molecule has 166 valence electrons. The summed E-state index contributed by atoms with van der Waals surface area (Å²) in [6, 6.07) is 18.7. The second kappa shape index (κ2) is 9.08. The number of nitrogens with one attached hydrogen (secondary N) is 1. The molecule has 1 atom stereocenters. The molecule has 3 heterocycles. The number of halogens is 1. The molecule has 5 rings (SSSR count). The van der Waals surface area contributed by atoms with Gasteiger partial charge in [0.1, 0.15) is 11.4 Å². The van der Waals surface area contributed by atoms with Crippen LogP contribution in [-0.4, -0.2) is 36.3 Å². The SMILES string of the molecule is CCOc1ccc(N2C(=O)C3=C(C(c4ccc(Cl)cc4)=NCCN3)[C@H]2c2cccnc2)cc1. The highest BCUT2D eigenvalue weighted by molar-refractivity contribution is 6.31. The minimum Gasteiger partial charge on any atom is -0.494 e. The Morgan fingerprint density at radius 1 is 1.12 bits per heavy atom. The summed E-state index contributed by atoms with van der Waals surface area (Å²) in [6.07, 6.45) is 3.54. The number of pyridine rings is 1. The summed E-state index contributed by atoms with van der Waals surface area (Å²) in [7, 11) is 0. The standard InChI is InChI=1S/C26H23ClN4O2/c1-2-33-21-11-9-20(10-12-21)31-25(18-4-3-13-28-16-18)22-23(17-5-7-19(27)8-6-17)29-14-15-30-24(22)26(31)32/h3-13,16,25,30H,2,14-15H2,1H3/t25-/m1/s1. The van der Waals surface area contributed by atoms with E-state index in [9.17, 15) is 4.79 Å². The van der Waals surface area contributed by atoms with E-state index in [0.717, 1.165) is 33.8 Å². The number of aliphatic imine (C=N–C) groups is 1. The van der Waals surface area contributed by atoms with Crippen molar-refractivity contribution in [1.82, 2.24) is 10.3 Å². The molecule has 7 heteroatoms. The number of anilines is 1. The van der Waals surface area contributed by atoms with Crippen LogP contribution in [-0.2, 0) is 4.79 Å². The molecular weight excluding hydrogens is 436 g/mol. The van der Waals surface area contributed by atoms with E-state index < -0.39 is 0 Å². The zero-order valence-electron chi connectivity index (χ0n) is 18.2. The lowest BCUT2D eigenvalue weighted by molar-refractivity contribution is -0.115. The van der Waals surface area contributed by atoms with Crippen molar-refractivity contribution < 1.29 is 9.53 Å². The van der Waals surface area contributed by atoms with Crippen molar-refractivity contribution in [1.29, 1.82) is 0 Å². The van der Waals surface area contributed by atoms with Crippen molar-refractivity contribution in [3.63, 3.8) is 0 Å². The molecule has 6 nitrogen and oxygen atoms in total. The van der Waals surface area contributed by atoms with E-state index in [2.05, 4.69) is 10.3 Å². The Labute approximate surface area is 197 Å². The lowest BCUT2D eigenvalue weighted by Crippen LogP contribution is -2.33. The van der Waals surface area contributed by atoms with E-state index in [1.54, 1.807) is 17.3 Å². The summed E-state index contributed by atoms with van der Waals surface area (Å²) in [5.41, 5.74) is 4.83. The van der Waals surface area contributed by atoms with Crippen LogP contribution >= 0.6 is 11.6 Å². The Hall–Kier alpha value is -3.64. The van der Waals surface area contributed by atoms with E-state index in [4.69, 9.17) is 21.3 Å². The topological polar surface area (TPSA) is 66.8 Å². The van der Waals surface area contributed by atoms with Gasteiger partial charge in [0.05, 0.1) is 24.9 Å². The maximum Gasteiger partial charge on any atom is 0.275 e. The molecule has 1 amide bonds. The zero-order valence-corrected chi connectivity index (χ0v) is 18.9. The summed E-state index contributed by atoms with van der Waals surface area (Å²) >= 11 is 6.14. The number of amides is 1. The van der Waals surface area contributed by atoms with Gasteiger partial charge in [-0.25, -0.2) is 0 Å². The van der Waals surface area contributed by atoms with Crippen LogP contribution in [0.15, 0.2) is 89.3 Å². The molecule has 2 aliphatic heterocycles. The summed E-state index contributed by atoms with van der Waals surface area (Å²) in [5.74, 6) is 0.675. The van der Waals surface area contributed by atoms with Gasteiger partial charge in [-0.15, -0.1) is 0 Å². The van der Waals surface area contributed by atoms with E-state index in [1.807, 2.05) is 67.6 Å². The van der Waals surface area contributed by atoms with Crippen LogP contribution in [0.2, 0.25) is 5.02 Å². The average molecular weight is 459 g/mol. The smallest absolute Gasteiger partial charge is 0.275 e. The number of ether oxygens (including phenoxy) is 1. The van der Waals surface area contributed by atoms with Crippen molar-refractivity contribution in [2.45, 2.75) is 13.0 Å². The number of rotatable bonds is 5. The lowest BCUT2D eigenvalue weighted by Gasteiger charge is -2.28. The predicted octanol–water partition coefficient (Wildman–Crippen LogP) is 4.57. The third-order valence-corrected chi connectivity index (χ3v) is 5.97. The molecule has 0 bridgehead atoms. The predicted molar refractivity (Wildman–Crippen MR) is 130 cm³/mol. The monoisotopic (exact) mass is 458 g/mol. The van der Waals surface area contributed by atoms with Gasteiger partial charge in [-0.1, -0.05) is 29.8 Å². The summed E-state index contributed by atoms with van der Waals surface area (Å²) in [6.45, 7) is 3.68. The molecule has 0 saturated heterocycles. The van der Waals surface area contributed by atoms with E-state index >= 15 is 0 Å². The Morgan fingerprint density at radius 2 is 1.91 bits per heavy atom. The Balaban J connectivity index is 1.66. The maximum absolute atomic E-state index is 13.8. The normalized spacial score (nSPS) is 17.9. The fraction of sp³-hybridized carbons (Fsp3) is 0.192. The molecule has 0 unspecified atom stereocenters. The lowest BCUT2D eigenvalue weighted by atomic mass is 9.92. The molecule has 33 heavy (non-hydrogen) atoms. The second-order valence-corrected chi connectivity index (χ2v) is 8.18. The maximum atomic E-state index is 13.8. The van der Waals surface area contributed by atoms with Crippen LogP contribution in [0.4, 0.5) is 5.69 Å². The fourth-order valence-corrected chi connectivity index (χ4v) is 4.44. The molecule has 3 aromatic rings. The van der Waals surface area contributed by atoms with Gasteiger partial charge < -0.3 is 10.1 Å². The first kappa shape index (κ1) is 21.2. The molecule has 2 aliphatic rings. The first-order chi connectivity index (χ1) is 16.2. The first-order valence-corrected chi connectivity index (χ1v) is 11.3. The van der Waals surface area contributed by atoms with Gasteiger partial charge in [0.25, 0.3) is 5.91 Å². The van der Waals surface area contributed by atoms with Crippen LogP contribution in [0.1, 0.15) is 24.1 Å². The van der Waals surface area contributed by atoms with Crippen molar-refractivity contribution in [3.8, 4) is 5.75 Å². The molecular formula is C26H23ClN4O2. The minimum atomic E-state index is -0.376. The Bertz CT molecular complexity index is 1220. The highest BCUT2D eigenvalue weighted by Crippen LogP contribution is 2.42. The van der Waals surface area contributed by atoms with Gasteiger partial charge >= 0.3 is 0 Å². The van der Waals surface area contributed by atoms with Crippen molar-refractivity contribution in [2.24, 2.45) is 4.99 Å². The Kier molecular flexibility index (Phi) is 5.84. The van der Waals surface area contributed by atoms with Crippen molar-refractivity contribution >= 4 is 28.9 Å². The van der Waals surface area contributed by atoms with Gasteiger partial charge in [-0.05, 0) is 55.0 Å².